The van der Waals surface area contributed by atoms with Crippen molar-refractivity contribution < 1.29 is 150 Å². The number of nitrogen functional groups attached to an aromatic ring is 1. The number of phenols is 5. The topological polar surface area (TPSA) is 226 Å². The number of nitrogens with two attached hydrogens (primary N) is 1. The van der Waals surface area contributed by atoms with Crippen LogP contribution in [0.2, 0.25) is 0 Å². The number of rotatable bonds is 3. The first-order valence-corrected chi connectivity index (χ1v) is 23.4. The molecule has 0 bridgehead atoms. The molecular formula is C75H118Cl2N2O11. The number of methoxy groups -OCH3 is 1. The maximum Gasteiger partial charge on any atom is 0.513 e. The smallest absolute Gasteiger partial charge is 0.508 e. The summed E-state index contributed by atoms with van der Waals surface area (Å²) in [5, 5.41) is 59.6. The summed E-state index contributed by atoms with van der Waals surface area (Å²) >= 11 is 3.89. The largest absolute Gasteiger partial charge is 0.513 e. The third-order valence-corrected chi connectivity index (χ3v) is 9.66. The SMILES string of the molecule is C.Cl.Oc1ccccc1.[2H]Cl.[2H]OC(C)(C([2H])([2H])[2H])C([2H])([2H])[2H].[2H]Oc1c([2H])cc([2H])cc1[2H].[2H]c1c(N)c(C(C)(C([2H])([2H])[2H])C([2H])([2H])[2H])cc(C(C([2H])([2H])[2H])(C([2H])([2H])[2H])C([2H])([2H])[2H])c1O.[2H]c1c(O)c(C(C([2H])([2H])[2H])(C([2H])([2H])[2H])C([2H])([2H])[2H])cc(C(C)(C([2H])([2H])[2H])C([2H])([2H])[2H])c1[N+](=O)[O-].[2H]c1cc(C(C)(C([2H])([2H])[2H])C([2H])([2H])[2H])cc(C(C([2H])([2H])[2H])(C([2H])([2H])[2H])C([2H])([2H])[2H])c1O.[2H]c1cc(C(C)(C([2H])([2H])[2H])C([2H])([2H])[2H])cc(C(C([2H])([2H])[2H])(C([2H])([2H])[2H])C([2H])([2H])[2H])c1OC(=O)OC. The van der Waals surface area contributed by atoms with Crippen molar-refractivity contribution in [2.75, 3.05) is 12.8 Å². The first-order valence-electron chi connectivity index (χ1n) is 61.1. The highest BCUT2D eigenvalue weighted by molar-refractivity contribution is 5.85. The molecule has 508 valence electrons. The van der Waals surface area contributed by atoms with Gasteiger partial charge in [-0.2, -0.15) is 0 Å². The van der Waals surface area contributed by atoms with Gasteiger partial charge in [-0.1, -0.05) is 233 Å². The third-order valence-electron chi connectivity index (χ3n) is 9.66. The lowest BCUT2D eigenvalue weighted by molar-refractivity contribution is -0.386. The quantitative estimate of drug-likeness (QED) is 0.0289. The summed E-state index contributed by atoms with van der Waals surface area (Å²) in [6.45, 7) is -75.7. The van der Waals surface area contributed by atoms with Crippen molar-refractivity contribution >= 4 is 42.3 Å². The van der Waals surface area contributed by atoms with Gasteiger partial charge in [0.2, 0.25) is 1.43 Å². The molecular weight excluding hydrogens is 1180 g/mol. The molecule has 6 aromatic rings. The monoisotopic (exact) mass is 1370 g/mol. The number of hydrogen-bond donors (Lipinski definition) is 7. The third kappa shape index (κ3) is 33.4. The minimum absolute atomic E-state index is 0. The average molecular weight is 1370 g/mol. The lowest BCUT2D eigenvalue weighted by Gasteiger charge is -2.27. The predicted molar refractivity (Wildman–Crippen MR) is 384 cm³/mol. The number of aliphatic hydroxyl groups is 1. The number of carbonyl (C=O) groups excluding carboxylic acids is 1. The summed E-state index contributed by atoms with van der Waals surface area (Å²) in [6.07, 6.45) is -1.57. The summed E-state index contributed by atoms with van der Waals surface area (Å²) in [6, 6.07) is 8.78. The van der Waals surface area contributed by atoms with Crippen molar-refractivity contribution in [2.45, 2.75) is 242 Å². The Morgan fingerprint density at radius 2 is 0.933 bits per heavy atom. The number of benzene rings is 6. The van der Waals surface area contributed by atoms with E-state index in [9.17, 15) is 30.2 Å². The number of para-hydroxylation sites is 2. The van der Waals surface area contributed by atoms with Crippen LogP contribution in [0.4, 0.5) is 16.2 Å². The molecule has 0 aromatic heterocycles. The first kappa shape index (κ1) is 23.4. The Balaban J connectivity index is -0.000000960. The van der Waals surface area contributed by atoms with E-state index in [1.165, 1.54) is 12.1 Å². The van der Waals surface area contributed by atoms with E-state index in [1.807, 2.05) is 6.07 Å². The van der Waals surface area contributed by atoms with Crippen LogP contribution in [0.15, 0.2) is 121 Å². The molecule has 6 rings (SSSR count). The van der Waals surface area contributed by atoms with E-state index in [2.05, 4.69) is 27.3 Å². The Bertz CT molecular complexity index is 5860. The molecule has 6 aromatic carbocycles. The predicted octanol–water partition coefficient (Wildman–Crippen LogP) is 20.9. The van der Waals surface area contributed by atoms with Gasteiger partial charge in [0, 0.05) is 119 Å². The van der Waals surface area contributed by atoms with Crippen LogP contribution < -0.4 is 10.5 Å². The Labute approximate surface area is 662 Å². The molecule has 0 saturated heterocycles. The minimum Gasteiger partial charge on any atom is -0.508 e. The van der Waals surface area contributed by atoms with E-state index >= 15 is 0 Å². The lowest BCUT2D eigenvalue weighted by Crippen LogP contribution is -2.19. The maximum atomic E-state index is 11.8. The molecule has 15 heteroatoms. The van der Waals surface area contributed by atoms with Crippen LogP contribution in [0, 0.1) is 10.1 Å². The van der Waals surface area contributed by atoms with E-state index < -0.39 is 314 Å². The first-order chi connectivity index (χ1) is 71.4. The molecule has 0 aliphatic carbocycles. The molecule has 0 fully saturated rings. The summed E-state index contributed by atoms with van der Waals surface area (Å²) in [5.74, 6) is -5.40. The van der Waals surface area contributed by atoms with Gasteiger partial charge < -0.3 is 45.9 Å². The Hall–Kier alpha value is -6.67. The van der Waals surface area contributed by atoms with Crippen molar-refractivity contribution in [2.24, 2.45) is 0 Å². The van der Waals surface area contributed by atoms with E-state index in [1.54, 1.807) is 24.3 Å². The van der Waals surface area contributed by atoms with Gasteiger partial charge in [-0.3, -0.25) is 10.1 Å². The van der Waals surface area contributed by atoms with Gasteiger partial charge in [0.05, 0.1) is 33.3 Å². The van der Waals surface area contributed by atoms with Crippen molar-refractivity contribution in [1.82, 2.24) is 0 Å². The molecule has 0 saturated carbocycles. The number of nitrogens with zero attached hydrogens (tertiary/aromatic N) is 1. The van der Waals surface area contributed by atoms with Gasteiger partial charge >= 0.3 is 6.16 Å². The number of halogens is 2. The zero-order chi connectivity index (χ0) is 133. The fraction of sp³-hybridized carbons (Fsp3) is 0.507. The normalized spacial score (nSPS) is 26.9. The lowest BCUT2D eigenvalue weighted by atomic mass is 9.79. The van der Waals surface area contributed by atoms with Gasteiger partial charge in [0.25, 0.3) is 7.12 Å². The summed E-state index contributed by atoms with van der Waals surface area (Å²) in [5.41, 5.74) is -35.4. The molecule has 8 N–H and O–H groups in total. The van der Waals surface area contributed by atoms with Gasteiger partial charge in [-0.25, -0.2) is 4.79 Å². The van der Waals surface area contributed by atoms with Crippen molar-refractivity contribution in [3.05, 3.63) is 176 Å². The number of ether oxygens (including phenoxy) is 2. The van der Waals surface area contributed by atoms with Gasteiger partial charge in [0.15, 0.2) is 0 Å². The molecule has 0 atom stereocenters. The highest BCUT2D eigenvalue weighted by Crippen LogP contribution is 2.42. The van der Waals surface area contributed by atoms with Crippen molar-refractivity contribution in [1.29, 1.82) is 4.04 Å². The number of carbonyl (C=O) groups is 1. The molecule has 0 heterocycles. The average Bonchev–Trinajstić information content (AvgIpc) is 0.678. The number of phenolic OH excluding ortho intramolecular Hbond substituents is 5. The number of nitro benzene ring substituents is 1. The van der Waals surface area contributed by atoms with Gasteiger partial charge in [-0.05, 0) is 140 Å². The molecule has 13 nitrogen and oxygen atoms in total. The second-order valence-corrected chi connectivity index (χ2v) is 18.7. The Morgan fingerprint density at radius 3 is 1.32 bits per heavy atom. The molecule has 90 heavy (non-hydrogen) atoms. The summed E-state index contributed by atoms with van der Waals surface area (Å²) in [4.78, 5) is 22.1. The second-order valence-electron chi connectivity index (χ2n) is 18.7. The molecule has 0 aliphatic heterocycles. The second kappa shape index (κ2) is 35.8. The molecule has 0 unspecified atom stereocenters. The van der Waals surface area contributed by atoms with E-state index in [-0.39, 0.29) is 49.8 Å². The van der Waals surface area contributed by atoms with Gasteiger partial charge in [0.1, 0.15) is 35.7 Å². The number of aromatic hydroxyl groups is 5. The van der Waals surface area contributed by atoms with Crippen molar-refractivity contribution in [3.8, 4) is 34.5 Å². The molecule has 0 aliphatic rings. The van der Waals surface area contributed by atoms with E-state index in [0.29, 0.717) is 43.0 Å². The maximum absolute atomic E-state index is 11.8. The van der Waals surface area contributed by atoms with E-state index in [4.69, 9.17) is 120 Å². The Kier molecular flexibility index (Phi) is 9.31. The highest BCUT2D eigenvalue weighted by Gasteiger charge is 2.31. The zero-order valence-electron chi connectivity index (χ0n) is 123. The fourth-order valence-electron chi connectivity index (χ4n) is 5.64. The standard InChI is InChI=1S/C16H24O3.C14H21NO3.C14H23NO.C14H22O.2C6H6O.C4H10O.CH4.2ClH/c1-15(2,3)11-8-9-13(19-14(17)18-7)12(10-11)16(4,5)6;1-13(2,3)9-7-10(14(4,5)6)12(16)8-11(9)15(17)18;1-13(2,3)9-7-10(14(4,5)6)12(16)8-11(9)15;1-13(2,3)10-7-8-12(15)11(9-10)14(4,5)6;2*7-6-4-2-1-3-5-6;1-4(2,3)5;;;/h8-10H,1-7H3;7-8,16H,1-6H3;7-8,16H,15H2,1-6H3;7-9,15H,1-6H3;2*1-5,7H;5H,1-3H3;1H4;2*1H/i1D3,2D3,4D3,5D3,6D3,9D;3*1D3,2D3,4D3,5D3,6D3,8D;1D,4D,5D;;1D3,2D3,5D;;;/hD2. The van der Waals surface area contributed by atoms with E-state index in [0.717, 1.165) is 34.8 Å². The highest BCUT2D eigenvalue weighted by atomic mass is 35.5. The molecule has 0 radical (unpaired) electrons. The van der Waals surface area contributed by atoms with Crippen LogP contribution in [-0.2, 0) is 48.1 Å². The number of hydrogen-bond acceptors (Lipinski definition) is 12. The number of nitro groups is 1. The van der Waals surface area contributed by atoms with Crippen LogP contribution in [0.1, 0.15) is 337 Å². The van der Waals surface area contributed by atoms with Crippen molar-refractivity contribution in [3.63, 3.8) is 0 Å². The van der Waals surface area contributed by atoms with Gasteiger partial charge in [-0.15, -0.1) is 24.7 Å². The minimum atomic E-state index is -3.99. The molecule has 0 amide bonds. The van der Waals surface area contributed by atoms with Crippen LogP contribution in [-0.4, -0.2) is 58.5 Å². The van der Waals surface area contributed by atoms with Crippen LogP contribution in [0.3, 0.4) is 0 Å². The Morgan fingerprint density at radius 1 is 0.522 bits per heavy atom. The zero-order valence-corrected chi connectivity index (χ0v) is 49.0. The van der Waals surface area contributed by atoms with Crippen LogP contribution >= 0.6 is 24.7 Å². The van der Waals surface area contributed by atoms with Crippen LogP contribution in [0.5, 0.6) is 34.5 Å². The summed E-state index contributed by atoms with van der Waals surface area (Å²) in [7, 11) is 0.824. The van der Waals surface area contributed by atoms with Crippen LogP contribution in [0.25, 0.3) is 0 Å². The fourth-order valence-corrected chi connectivity index (χ4v) is 5.64. The molecule has 0 spiro atoms. The number of anilines is 1. The summed E-state index contributed by atoms with van der Waals surface area (Å²) < 4.78 is 589.